The van der Waals surface area contributed by atoms with E-state index in [4.69, 9.17) is 4.74 Å². The highest BCUT2D eigenvalue weighted by molar-refractivity contribution is 14.0. The predicted octanol–water partition coefficient (Wildman–Crippen LogP) is 4.72. The molecular weight excluding hydrogens is 509 g/mol. The molecule has 0 unspecified atom stereocenters. The molecule has 0 saturated carbocycles. The molecule has 0 amide bonds. The van der Waals surface area contributed by atoms with E-state index in [1.807, 2.05) is 42.5 Å². The Morgan fingerprint density at radius 3 is 2.57 bits per heavy atom. The molecule has 2 heterocycles. The number of pyridine rings is 1. The SMILES string of the molecule is CN=C(NCc1nc(C(C)C)cs1)NCc1cccnc1OCc1ccccc1.I. The molecule has 8 heteroatoms. The van der Waals surface area contributed by atoms with Crippen LogP contribution in [0.25, 0.3) is 0 Å². The molecule has 1 aromatic carbocycles. The van der Waals surface area contributed by atoms with Gasteiger partial charge < -0.3 is 15.4 Å². The number of rotatable bonds is 8. The summed E-state index contributed by atoms with van der Waals surface area (Å²) in [6.45, 7) is 5.99. The molecule has 3 rings (SSSR count). The molecule has 0 aliphatic carbocycles. The topological polar surface area (TPSA) is 71.4 Å². The Morgan fingerprint density at radius 2 is 1.87 bits per heavy atom. The van der Waals surface area contributed by atoms with E-state index in [0.29, 0.717) is 37.5 Å². The van der Waals surface area contributed by atoms with E-state index in [1.54, 1.807) is 24.6 Å². The molecule has 0 radical (unpaired) electrons. The Labute approximate surface area is 199 Å². The third-order valence-electron chi connectivity index (χ3n) is 4.31. The van der Waals surface area contributed by atoms with Crippen LogP contribution in [0.5, 0.6) is 5.88 Å². The molecule has 160 valence electrons. The summed E-state index contributed by atoms with van der Waals surface area (Å²) in [5.41, 5.74) is 3.21. The highest BCUT2D eigenvalue weighted by Gasteiger charge is 2.08. The van der Waals surface area contributed by atoms with Gasteiger partial charge in [0.25, 0.3) is 0 Å². The lowest BCUT2D eigenvalue weighted by molar-refractivity contribution is 0.290. The molecule has 0 bridgehead atoms. The minimum atomic E-state index is 0. The van der Waals surface area contributed by atoms with Crippen LogP contribution in [0.3, 0.4) is 0 Å². The van der Waals surface area contributed by atoms with Crippen LogP contribution in [-0.2, 0) is 19.7 Å². The maximum Gasteiger partial charge on any atom is 0.218 e. The van der Waals surface area contributed by atoms with Crippen molar-refractivity contribution in [2.75, 3.05) is 7.05 Å². The van der Waals surface area contributed by atoms with Crippen LogP contribution in [0.4, 0.5) is 0 Å². The van der Waals surface area contributed by atoms with E-state index in [1.165, 1.54) is 0 Å². The van der Waals surface area contributed by atoms with Gasteiger partial charge in [-0.2, -0.15) is 0 Å². The van der Waals surface area contributed by atoms with E-state index in [0.717, 1.165) is 21.8 Å². The second kappa shape index (κ2) is 12.5. The van der Waals surface area contributed by atoms with E-state index in [-0.39, 0.29) is 24.0 Å². The van der Waals surface area contributed by atoms with Crippen LogP contribution in [0, 0.1) is 0 Å². The first kappa shape index (κ1) is 24.1. The van der Waals surface area contributed by atoms with Crippen LogP contribution in [-0.4, -0.2) is 23.0 Å². The van der Waals surface area contributed by atoms with Crippen molar-refractivity contribution in [3.05, 3.63) is 75.9 Å². The number of hydrogen-bond acceptors (Lipinski definition) is 5. The minimum absolute atomic E-state index is 0. The average Bonchev–Trinajstić information content (AvgIpc) is 3.23. The van der Waals surface area contributed by atoms with Crippen molar-refractivity contribution in [1.29, 1.82) is 0 Å². The van der Waals surface area contributed by atoms with Crippen molar-refractivity contribution in [3.63, 3.8) is 0 Å². The zero-order chi connectivity index (χ0) is 20.5. The van der Waals surface area contributed by atoms with Gasteiger partial charge in [0.15, 0.2) is 5.96 Å². The third kappa shape index (κ3) is 7.24. The molecule has 0 atom stereocenters. The Balaban J connectivity index is 0.00000320. The van der Waals surface area contributed by atoms with Crippen molar-refractivity contribution >= 4 is 41.3 Å². The largest absolute Gasteiger partial charge is 0.473 e. The standard InChI is InChI=1S/C22H27N5OS.HI/c1-16(2)19-15-29-20(27-19)13-26-22(23-3)25-12-18-10-7-11-24-21(18)28-14-17-8-5-4-6-9-17;/h4-11,15-16H,12-14H2,1-3H3,(H2,23,25,26);1H. The molecule has 0 spiro atoms. The number of nitrogens with zero attached hydrogens (tertiary/aromatic N) is 3. The molecule has 6 nitrogen and oxygen atoms in total. The van der Waals surface area contributed by atoms with Gasteiger partial charge in [-0.3, -0.25) is 4.99 Å². The second-order valence-corrected chi connectivity index (χ2v) is 7.78. The monoisotopic (exact) mass is 537 g/mol. The summed E-state index contributed by atoms with van der Waals surface area (Å²) in [6, 6.07) is 14.0. The number of nitrogens with one attached hydrogen (secondary N) is 2. The number of aromatic nitrogens is 2. The highest BCUT2D eigenvalue weighted by atomic mass is 127. The van der Waals surface area contributed by atoms with Crippen LogP contribution < -0.4 is 15.4 Å². The van der Waals surface area contributed by atoms with E-state index >= 15 is 0 Å². The quantitative estimate of drug-likeness (QED) is 0.247. The van der Waals surface area contributed by atoms with Crippen molar-refractivity contribution in [3.8, 4) is 5.88 Å². The molecule has 0 aliphatic heterocycles. The first-order chi connectivity index (χ1) is 14.2. The molecule has 30 heavy (non-hydrogen) atoms. The van der Waals surface area contributed by atoms with Gasteiger partial charge in [-0.1, -0.05) is 50.2 Å². The van der Waals surface area contributed by atoms with Gasteiger partial charge in [0, 0.05) is 30.7 Å². The molecule has 0 aliphatic rings. The second-order valence-electron chi connectivity index (χ2n) is 6.84. The fraction of sp³-hybridized carbons (Fsp3) is 0.318. The highest BCUT2D eigenvalue weighted by Crippen LogP contribution is 2.18. The lowest BCUT2D eigenvalue weighted by atomic mass is 10.2. The molecule has 0 saturated heterocycles. The number of thiazole rings is 1. The van der Waals surface area contributed by atoms with Gasteiger partial charge >= 0.3 is 0 Å². The zero-order valence-corrected chi connectivity index (χ0v) is 20.6. The lowest BCUT2D eigenvalue weighted by Crippen LogP contribution is -2.36. The van der Waals surface area contributed by atoms with Gasteiger partial charge in [0.1, 0.15) is 11.6 Å². The summed E-state index contributed by atoms with van der Waals surface area (Å²) in [4.78, 5) is 13.3. The number of guanidine groups is 1. The first-order valence-electron chi connectivity index (χ1n) is 9.65. The predicted molar refractivity (Wildman–Crippen MR) is 134 cm³/mol. The normalized spacial score (nSPS) is 11.1. The summed E-state index contributed by atoms with van der Waals surface area (Å²) in [6.07, 6.45) is 1.74. The Kier molecular flexibility index (Phi) is 10.0. The Bertz CT molecular complexity index is 930. The van der Waals surface area contributed by atoms with Gasteiger partial charge in [-0.05, 0) is 17.5 Å². The van der Waals surface area contributed by atoms with Crippen LogP contribution >= 0.6 is 35.3 Å². The van der Waals surface area contributed by atoms with Crippen molar-refractivity contribution < 1.29 is 4.74 Å². The maximum atomic E-state index is 5.92. The van der Waals surface area contributed by atoms with E-state index in [9.17, 15) is 0 Å². The Morgan fingerprint density at radius 1 is 1.10 bits per heavy atom. The van der Waals surface area contributed by atoms with Crippen LogP contribution in [0.1, 0.15) is 41.6 Å². The number of hydrogen-bond donors (Lipinski definition) is 2. The summed E-state index contributed by atoms with van der Waals surface area (Å²) < 4.78 is 5.92. The van der Waals surface area contributed by atoms with Gasteiger partial charge in [-0.25, -0.2) is 9.97 Å². The molecular formula is C22H28IN5OS. The summed E-state index contributed by atoms with van der Waals surface area (Å²) >= 11 is 1.67. The fourth-order valence-corrected chi connectivity index (χ4v) is 3.54. The number of benzene rings is 1. The van der Waals surface area contributed by atoms with E-state index < -0.39 is 0 Å². The summed E-state index contributed by atoms with van der Waals surface area (Å²) in [7, 11) is 1.76. The van der Waals surface area contributed by atoms with Crippen molar-refractivity contribution in [2.24, 2.45) is 4.99 Å². The zero-order valence-electron chi connectivity index (χ0n) is 17.5. The van der Waals surface area contributed by atoms with E-state index in [2.05, 4.69) is 44.8 Å². The van der Waals surface area contributed by atoms with Gasteiger partial charge in [0.05, 0.1) is 12.2 Å². The first-order valence-corrected chi connectivity index (χ1v) is 10.5. The smallest absolute Gasteiger partial charge is 0.218 e. The Hall–Kier alpha value is -2.20. The number of halogens is 1. The fourth-order valence-electron chi connectivity index (χ4n) is 2.64. The van der Waals surface area contributed by atoms with Gasteiger partial charge in [-0.15, -0.1) is 35.3 Å². The summed E-state index contributed by atoms with van der Waals surface area (Å²) in [5, 5.41) is 9.79. The lowest BCUT2D eigenvalue weighted by Gasteiger charge is -2.13. The van der Waals surface area contributed by atoms with Crippen LogP contribution in [0.2, 0.25) is 0 Å². The molecule has 0 fully saturated rings. The summed E-state index contributed by atoms with van der Waals surface area (Å²) in [5.74, 6) is 1.78. The van der Waals surface area contributed by atoms with Crippen LogP contribution in [0.15, 0.2) is 59.0 Å². The minimum Gasteiger partial charge on any atom is -0.473 e. The number of aliphatic imine (C=N–C) groups is 1. The van der Waals surface area contributed by atoms with Gasteiger partial charge in [0.2, 0.25) is 5.88 Å². The molecule has 2 aromatic heterocycles. The van der Waals surface area contributed by atoms with Crippen molar-refractivity contribution in [1.82, 2.24) is 20.6 Å². The number of ether oxygens (including phenoxy) is 1. The third-order valence-corrected chi connectivity index (χ3v) is 5.17. The average molecular weight is 537 g/mol. The van der Waals surface area contributed by atoms with Crippen molar-refractivity contribution in [2.45, 2.75) is 39.5 Å². The maximum absolute atomic E-state index is 5.92. The molecule has 2 N–H and O–H groups in total. The molecule has 3 aromatic rings.